The van der Waals surface area contributed by atoms with E-state index in [9.17, 15) is 26.7 Å². The molecule has 0 spiro atoms. The molecule has 3 aliphatic carbocycles. The van der Waals surface area contributed by atoms with Gasteiger partial charge < -0.3 is 4.74 Å². The summed E-state index contributed by atoms with van der Waals surface area (Å²) < 4.78 is 70.7. The van der Waals surface area contributed by atoms with Gasteiger partial charge >= 0.3 is 12.1 Å². The maximum absolute atomic E-state index is 13.8. The molecule has 3 saturated carbocycles. The van der Waals surface area contributed by atoms with Crippen molar-refractivity contribution in [2.45, 2.75) is 70.4 Å². The van der Waals surface area contributed by atoms with Crippen LogP contribution in [0.1, 0.15) is 69.8 Å². The van der Waals surface area contributed by atoms with Crippen LogP contribution in [-0.4, -0.2) is 5.97 Å². The predicted octanol–water partition coefficient (Wildman–Crippen LogP) is 7.71. The van der Waals surface area contributed by atoms with Gasteiger partial charge in [0.05, 0.1) is 5.92 Å². The van der Waals surface area contributed by atoms with E-state index in [1.165, 1.54) is 38.5 Å². The standard InChI is InChI=1S/C26H31F5O2/c1-2-15-3-4-20-12-19(10-9-18(20)11-15)16-5-7-17(8-6-16)25(32)33-21-13-22(27)24(23(28)14-21)26(29,30)31/h2,13-20H,1,3-12H2. The maximum atomic E-state index is 13.8. The highest BCUT2D eigenvalue weighted by molar-refractivity contribution is 5.75. The Bertz CT molecular complexity index is 849. The second-order valence-electron chi connectivity index (χ2n) is 10.2. The molecule has 0 amide bonds. The van der Waals surface area contributed by atoms with Crippen molar-refractivity contribution in [3.63, 3.8) is 0 Å². The molecule has 3 fully saturated rings. The van der Waals surface area contributed by atoms with E-state index in [1.54, 1.807) is 0 Å². The molecule has 0 bridgehead atoms. The van der Waals surface area contributed by atoms with Crippen LogP contribution < -0.4 is 4.74 Å². The fraction of sp³-hybridized carbons (Fsp3) is 0.654. The molecule has 4 rings (SSSR count). The van der Waals surface area contributed by atoms with Crippen molar-refractivity contribution in [3.05, 3.63) is 42.0 Å². The van der Waals surface area contributed by atoms with Crippen LogP contribution in [0.4, 0.5) is 22.0 Å². The average molecular weight is 471 g/mol. The number of alkyl halides is 3. The van der Waals surface area contributed by atoms with Crippen LogP contribution in [0.15, 0.2) is 24.8 Å². The first-order valence-electron chi connectivity index (χ1n) is 12.1. The van der Waals surface area contributed by atoms with Crippen LogP contribution in [0.25, 0.3) is 0 Å². The molecule has 1 aromatic rings. The molecule has 4 atom stereocenters. The number of carbonyl (C=O) groups excluding carboxylic acids is 1. The number of halogens is 5. The number of rotatable bonds is 4. The normalized spacial score (nSPS) is 32.6. The third kappa shape index (κ3) is 5.43. The topological polar surface area (TPSA) is 26.3 Å². The van der Waals surface area contributed by atoms with Gasteiger partial charge in [0.2, 0.25) is 0 Å². The lowest BCUT2D eigenvalue weighted by molar-refractivity contribution is -0.142. The van der Waals surface area contributed by atoms with Crippen LogP contribution in [0, 0.1) is 47.1 Å². The van der Waals surface area contributed by atoms with Crippen molar-refractivity contribution in [2.24, 2.45) is 35.5 Å². The Kier molecular flexibility index (Phi) is 7.15. The van der Waals surface area contributed by atoms with Crippen molar-refractivity contribution in [3.8, 4) is 5.75 Å². The lowest BCUT2D eigenvalue weighted by atomic mass is 9.61. The first kappa shape index (κ1) is 24.2. The summed E-state index contributed by atoms with van der Waals surface area (Å²) in [4.78, 5) is 12.5. The molecule has 0 N–H and O–H groups in total. The number of fused-ring (bicyclic) bond motifs is 1. The van der Waals surface area contributed by atoms with Crippen LogP contribution in [0.5, 0.6) is 5.75 Å². The van der Waals surface area contributed by atoms with E-state index in [1.807, 2.05) is 0 Å². The fourth-order valence-electron chi connectivity index (χ4n) is 6.51. The predicted molar refractivity (Wildman–Crippen MR) is 114 cm³/mol. The van der Waals surface area contributed by atoms with Crippen LogP contribution in [0.2, 0.25) is 0 Å². The molecule has 0 saturated heterocycles. The van der Waals surface area contributed by atoms with Gasteiger partial charge in [-0.2, -0.15) is 13.2 Å². The van der Waals surface area contributed by atoms with Crippen molar-refractivity contribution in [1.29, 1.82) is 0 Å². The van der Waals surface area contributed by atoms with Crippen molar-refractivity contribution in [1.82, 2.24) is 0 Å². The van der Waals surface area contributed by atoms with Crippen molar-refractivity contribution < 1.29 is 31.5 Å². The first-order chi connectivity index (χ1) is 15.7. The Labute approximate surface area is 191 Å². The highest BCUT2D eigenvalue weighted by Crippen LogP contribution is 2.49. The van der Waals surface area contributed by atoms with Gasteiger partial charge in [0.25, 0.3) is 0 Å². The second kappa shape index (κ2) is 9.75. The summed E-state index contributed by atoms with van der Waals surface area (Å²) in [5, 5.41) is 0. The molecular formula is C26H31F5O2. The minimum absolute atomic E-state index is 0.394. The summed E-state index contributed by atoms with van der Waals surface area (Å²) >= 11 is 0. The maximum Gasteiger partial charge on any atom is 0.422 e. The van der Waals surface area contributed by atoms with E-state index in [0.717, 1.165) is 24.7 Å². The molecule has 0 heterocycles. The summed E-state index contributed by atoms with van der Waals surface area (Å²) in [6.07, 6.45) is 7.59. The lowest BCUT2D eigenvalue weighted by Gasteiger charge is -2.45. The number of hydrogen-bond acceptors (Lipinski definition) is 2. The molecular weight excluding hydrogens is 439 g/mol. The number of hydrogen-bond donors (Lipinski definition) is 0. The monoisotopic (exact) mass is 470 g/mol. The Morgan fingerprint density at radius 2 is 1.36 bits per heavy atom. The van der Waals surface area contributed by atoms with E-state index in [0.29, 0.717) is 42.7 Å². The SMILES string of the molecule is C=CC1CCC2CC(C3CCC(C(=O)Oc4cc(F)c(C(F)(F)F)c(F)c4)CC3)CCC2C1. The Hall–Kier alpha value is -1.92. The molecule has 0 radical (unpaired) electrons. The Morgan fingerprint density at radius 1 is 0.848 bits per heavy atom. The van der Waals surface area contributed by atoms with Gasteiger partial charge in [-0.05, 0) is 93.8 Å². The summed E-state index contributed by atoms with van der Waals surface area (Å²) in [6, 6.07) is 0.851. The second-order valence-corrected chi connectivity index (χ2v) is 10.2. The Morgan fingerprint density at radius 3 is 1.94 bits per heavy atom. The third-order valence-electron chi connectivity index (χ3n) is 8.32. The number of carbonyl (C=O) groups is 1. The number of esters is 1. The van der Waals surface area contributed by atoms with E-state index < -0.39 is 41.0 Å². The number of allylic oxidation sites excluding steroid dienone is 1. The largest absolute Gasteiger partial charge is 0.426 e. The van der Waals surface area contributed by atoms with Gasteiger partial charge in [-0.3, -0.25) is 4.79 Å². The van der Waals surface area contributed by atoms with Crippen LogP contribution in [-0.2, 0) is 11.0 Å². The minimum atomic E-state index is -5.15. The van der Waals surface area contributed by atoms with Gasteiger partial charge in [0.1, 0.15) is 22.9 Å². The van der Waals surface area contributed by atoms with Gasteiger partial charge in [-0.1, -0.05) is 6.08 Å². The summed E-state index contributed by atoms with van der Waals surface area (Å²) in [5.74, 6) is -1.59. The van der Waals surface area contributed by atoms with E-state index in [-0.39, 0.29) is 0 Å². The summed E-state index contributed by atoms with van der Waals surface area (Å²) in [6.45, 7) is 3.96. The van der Waals surface area contributed by atoms with Gasteiger partial charge in [-0.25, -0.2) is 8.78 Å². The fourth-order valence-corrected chi connectivity index (χ4v) is 6.51. The quantitative estimate of drug-likeness (QED) is 0.195. The lowest BCUT2D eigenvalue weighted by Crippen LogP contribution is -2.35. The molecule has 4 unspecified atom stereocenters. The molecule has 33 heavy (non-hydrogen) atoms. The number of benzene rings is 1. The van der Waals surface area contributed by atoms with Crippen molar-refractivity contribution >= 4 is 5.97 Å². The third-order valence-corrected chi connectivity index (χ3v) is 8.32. The molecule has 7 heteroatoms. The van der Waals surface area contributed by atoms with Gasteiger partial charge in [0, 0.05) is 12.1 Å². The highest BCUT2D eigenvalue weighted by Gasteiger charge is 2.40. The van der Waals surface area contributed by atoms with Crippen molar-refractivity contribution in [2.75, 3.05) is 0 Å². The molecule has 2 nitrogen and oxygen atoms in total. The summed E-state index contributed by atoms with van der Waals surface area (Å²) in [5.41, 5.74) is -1.98. The smallest absolute Gasteiger partial charge is 0.422 e. The zero-order valence-corrected chi connectivity index (χ0v) is 18.7. The first-order valence-corrected chi connectivity index (χ1v) is 12.1. The zero-order valence-electron chi connectivity index (χ0n) is 18.7. The molecule has 0 aromatic heterocycles. The Balaban J connectivity index is 1.29. The zero-order chi connectivity index (χ0) is 23.8. The van der Waals surface area contributed by atoms with E-state index >= 15 is 0 Å². The molecule has 0 aliphatic heterocycles. The van der Waals surface area contributed by atoms with Crippen LogP contribution in [0.3, 0.4) is 0 Å². The minimum Gasteiger partial charge on any atom is -0.426 e. The van der Waals surface area contributed by atoms with Crippen LogP contribution >= 0.6 is 0 Å². The average Bonchev–Trinajstić information content (AvgIpc) is 2.77. The summed E-state index contributed by atoms with van der Waals surface area (Å²) in [7, 11) is 0. The molecule has 182 valence electrons. The van der Waals surface area contributed by atoms with E-state index in [4.69, 9.17) is 4.74 Å². The number of ether oxygens (including phenoxy) is 1. The van der Waals surface area contributed by atoms with E-state index in [2.05, 4.69) is 12.7 Å². The van der Waals surface area contributed by atoms with Gasteiger partial charge in [0.15, 0.2) is 0 Å². The highest BCUT2D eigenvalue weighted by atomic mass is 19.4. The molecule has 3 aliphatic rings. The van der Waals surface area contributed by atoms with Gasteiger partial charge in [-0.15, -0.1) is 6.58 Å². The molecule has 1 aromatic carbocycles.